The quantitative estimate of drug-likeness (QED) is 0.636. The van der Waals surface area contributed by atoms with Gasteiger partial charge in [0.05, 0.1) is 0 Å². The minimum absolute atomic E-state index is 0.0610. The van der Waals surface area contributed by atoms with Gasteiger partial charge in [0.2, 0.25) is 5.91 Å². The Kier molecular flexibility index (Phi) is 6.19. The summed E-state index contributed by atoms with van der Waals surface area (Å²) in [6.07, 6.45) is -1.04. The number of carbonyl (C=O) groups is 3. The number of hydrogen-bond donors (Lipinski definition) is 3. The number of amides is 2. The van der Waals surface area contributed by atoms with Gasteiger partial charge in [-0.3, -0.25) is 9.59 Å². The van der Waals surface area contributed by atoms with E-state index in [2.05, 4.69) is 5.32 Å². The molecule has 2 unspecified atom stereocenters. The van der Waals surface area contributed by atoms with Crippen molar-refractivity contribution < 1.29 is 24.2 Å². The highest BCUT2D eigenvalue weighted by Gasteiger charge is 2.24. The van der Waals surface area contributed by atoms with E-state index < -0.39 is 29.9 Å². The molecule has 0 bridgehead atoms. The van der Waals surface area contributed by atoms with Crippen molar-refractivity contribution in [2.24, 2.45) is 5.73 Å². The number of para-hydroxylation sites is 1. The van der Waals surface area contributed by atoms with Gasteiger partial charge in [-0.15, -0.1) is 0 Å². The van der Waals surface area contributed by atoms with Gasteiger partial charge < -0.3 is 20.9 Å². The molecule has 0 aliphatic heterocycles. The van der Waals surface area contributed by atoms with Gasteiger partial charge in [0.25, 0.3) is 5.91 Å². The number of benzene rings is 1. The molecule has 0 fully saturated rings. The van der Waals surface area contributed by atoms with Gasteiger partial charge in [-0.1, -0.05) is 18.2 Å². The fourth-order valence-corrected chi connectivity index (χ4v) is 1.59. The van der Waals surface area contributed by atoms with Gasteiger partial charge in [-0.25, -0.2) is 4.79 Å². The number of nitrogens with two attached hydrogens (primary N) is 1. The van der Waals surface area contributed by atoms with E-state index in [9.17, 15) is 14.4 Å². The molecule has 1 rings (SSSR count). The zero-order chi connectivity index (χ0) is 15.8. The topological polar surface area (TPSA) is 119 Å². The molecule has 0 saturated heterocycles. The van der Waals surface area contributed by atoms with Crippen LogP contribution in [0.15, 0.2) is 30.3 Å². The second-order valence-corrected chi connectivity index (χ2v) is 4.48. The van der Waals surface area contributed by atoms with Crippen LogP contribution in [0.4, 0.5) is 0 Å². The molecule has 0 radical (unpaired) electrons. The molecule has 0 aliphatic rings. The van der Waals surface area contributed by atoms with Crippen molar-refractivity contribution in [2.75, 3.05) is 0 Å². The van der Waals surface area contributed by atoms with Crippen LogP contribution >= 0.6 is 0 Å². The summed E-state index contributed by atoms with van der Waals surface area (Å²) < 4.78 is 5.39. The third-order valence-corrected chi connectivity index (χ3v) is 2.72. The predicted octanol–water partition coefficient (Wildman–Crippen LogP) is 0.289. The van der Waals surface area contributed by atoms with Crippen molar-refractivity contribution in [2.45, 2.75) is 31.9 Å². The Labute approximate surface area is 122 Å². The molecule has 1 aromatic carbocycles. The Bertz CT molecular complexity index is 503. The van der Waals surface area contributed by atoms with Gasteiger partial charge >= 0.3 is 5.97 Å². The first kappa shape index (κ1) is 16.5. The SMILES string of the molecule is CC(Oc1ccccc1)C(=O)NC(CCC(N)=O)C(=O)O. The Hall–Kier alpha value is -2.57. The average molecular weight is 294 g/mol. The summed E-state index contributed by atoms with van der Waals surface area (Å²) >= 11 is 0. The predicted molar refractivity (Wildman–Crippen MR) is 74.5 cm³/mol. The third kappa shape index (κ3) is 5.94. The minimum Gasteiger partial charge on any atom is -0.481 e. The second-order valence-electron chi connectivity index (χ2n) is 4.48. The van der Waals surface area contributed by atoms with Gasteiger partial charge in [-0.2, -0.15) is 0 Å². The van der Waals surface area contributed by atoms with Crippen LogP contribution in [0.3, 0.4) is 0 Å². The maximum atomic E-state index is 11.9. The molecular weight excluding hydrogens is 276 g/mol. The van der Waals surface area contributed by atoms with Crippen LogP contribution in [0.25, 0.3) is 0 Å². The number of primary amides is 1. The van der Waals surface area contributed by atoms with Crippen molar-refractivity contribution in [1.82, 2.24) is 5.32 Å². The normalized spacial score (nSPS) is 13.0. The number of ether oxygens (including phenoxy) is 1. The van der Waals surface area contributed by atoms with Crippen molar-refractivity contribution in [3.8, 4) is 5.75 Å². The fourth-order valence-electron chi connectivity index (χ4n) is 1.59. The lowest BCUT2D eigenvalue weighted by Crippen LogP contribution is -2.46. The third-order valence-electron chi connectivity index (χ3n) is 2.72. The Morgan fingerprint density at radius 2 is 1.90 bits per heavy atom. The standard InChI is InChI=1S/C14H18N2O5/c1-9(21-10-5-3-2-4-6-10)13(18)16-11(14(19)20)7-8-12(15)17/h2-6,9,11H,7-8H2,1H3,(H2,15,17)(H,16,18)(H,19,20). The zero-order valence-electron chi connectivity index (χ0n) is 11.6. The van der Waals surface area contributed by atoms with E-state index in [4.69, 9.17) is 15.6 Å². The summed E-state index contributed by atoms with van der Waals surface area (Å²) in [6, 6.07) is 7.52. The first-order valence-corrected chi connectivity index (χ1v) is 6.43. The van der Waals surface area contributed by atoms with E-state index in [1.165, 1.54) is 6.92 Å². The molecule has 0 spiro atoms. The monoisotopic (exact) mass is 294 g/mol. The van der Waals surface area contributed by atoms with Gasteiger partial charge in [0, 0.05) is 6.42 Å². The number of carboxylic acids is 1. The maximum absolute atomic E-state index is 11.9. The van der Waals surface area contributed by atoms with Gasteiger partial charge in [-0.05, 0) is 25.5 Å². The largest absolute Gasteiger partial charge is 0.481 e. The van der Waals surface area contributed by atoms with Crippen molar-refractivity contribution in [3.05, 3.63) is 30.3 Å². The molecule has 0 saturated carbocycles. The molecule has 7 nitrogen and oxygen atoms in total. The molecule has 21 heavy (non-hydrogen) atoms. The summed E-state index contributed by atoms with van der Waals surface area (Å²) in [5, 5.41) is 11.3. The van der Waals surface area contributed by atoms with Crippen LogP contribution in [0, 0.1) is 0 Å². The van der Waals surface area contributed by atoms with Crippen molar-refractivity contribution in [1.29, 1.82) is 0 Å². The Balaban J connectivity index is 2.56. The molecular formula is C14H18N2O5. The lowest BCUT2D eigenvalue weighted by atomic mass is 10.1. The second kappa shape index (κ2) is 7.88. The summed E-state index contributed by atoms with van der Waals surface area (Å²) in [5.41, 5.74) is 4.96. The molecule has 0 aliphatic carbocycles. The molecule has 4 N–H and O–H groups in total. The molecule has 0 aromatic heterocycles. The first-order chi connectivity index (χ1) is 9.90. The van der Waals surface area contributed by atoms with E-state index in [0.29, 0.717) is 5.75 Å². The van der Waals surface area contributed by atoms with E-state index in [0.717, 1.165) is 0 Å². The van der Waals surface area contributed by atoms with Crippen LogP contribution in [-0.2, 0) is 14.4 Å². The number of rotatable bonds is 8. The highest BCUT2D eigenvalue weighted by molar-refractivity contribution is 5.86. The molecule has 2 atom stereocenters. The van der Waals surface area contributed by atoms with Gasteiger partial charge in [0.1, 0.15) is 11.8 Å². The number of carbonyl (C=O) groups excluding carboxylic acids is 2. The molecule has 0 heterocycles. The zero-order valence-corrected chi connectivity index (χ0v) is 11.6. The van der Waals surface area contributed by atoms with Crippen LogP contribution in [0.2, 0.25) is 0 Å². The molecule has 7 heteroatoms. The number of aliphatic carboxylic acids is 1. The number of hydrogen-bond acceptors (Lipinski definition) is 4. The van der Waals surface area contributed by atoms with Crippen molar-refractivity contribution in [3.63, 3.8) is 0 Å². The summed E-state index contributed by atoms with van der Waals surface area (Å²) in [7, 11) is 0. The average Bonchev–Trinajstić information content (AvgIpc) is 2.43. The lowest BCUT2D eigenvalue weighted by molar-refractivity contribution is -0.143. The van der Waals surface area contributed by atoms with Crippen LogP contribution < -0.4 is 15.8 Å². The summed E-state index contributed by atoms with van der Waals surface area (Å²) in [4.78, 5) is 33.6. The maximum Gasteiger partial charge on any atom is 0.326 e. The van der Waals surface area contributed by atoms with E-state index in [1.54, 1.807) is 24.3 Å². The molecule has 2 amide bonds. The first-order valence-electron chi connectivity index (χ1n) is 6.43. The lowest BCUT2D eigenvalue weighted by Gasteiger charge is -2.18. The van der Waals surface area contributed by atoms with E-state index in [-0.39, 0.29) is 12.8 Å². The van der Waals surface area contributed by atoms with Gasteiger partial charge in [0.15, 0.2) is 6.10 Å². The minimum atomic E-state index is -1.23. The van der Waals surface area contributed by atoms with E-state index >= 15 is 0 Å². The highest BCUT2D eigenvalue weighted by atomic mass is 16.5. The summed E-state index contributed by atoms with van der Waals surface area (Å²) in [6.45, 7) is 1.51. The van der Waals surface area contributed by atoms with Crippen LogP contribution in [0.1, 0.15) is 19.8 Å². The number of nitrogens with one attached hydrogen (secondary N) is 1. The molecule has 114 valence electrons. The van der Waals surface area contributed by atoms with Crippen LogP contribution in [0.5, 0.6) is 5.75 Å². The summed E-state index contributed by atoms with van der Waals surface area (Å²) in [5.74, 6) is -1.92. The highest BCUT2D eigenvalue weighted by Crippen LogP contribution is 2.11. The fraction of sp³-hybridized carbons (Fsp3) is 0.357. The smallest absolute Gasteiger partial charge is 0.326 e. The van der Waals surface area contributed by atoms with Crippen molar-refractivity contribution >= 4 is 17.8 Å². The number of carboxylic acid groups (broad SMARTS) is 1. The van der Waals surface area contributed by atoms with E-state index in [1.807, 2.05) is 6.07 Å². The molecule has 1 aromatic rings. The van der Waals surface area contributed by atoms with Crippen LogP contribution in [-0.4, -0.2) is 35.0 Å². The Morgan fingerprint density at radius 1 is 1.29 bits per heavy atom. The Morgan fingerprint density at radius 3 is 2.43 bits per heavy atom.